The summed E-state index contributed by atoms with van der Waals surface area (Å²) < 4.78 is 0. The monoisotopic (exact) mass is 213 g/mol. The van der Waals surface area contributed by atoms with E-state index < -0.39 is 5.60 Å². The van der Waals surface area contributed by atoms with Crippen molar-refractivity contribution in [3.63, 3.8) is 0 Å². The van der Waals surface area contributed by atoms with Crippen molar-refractivity contribution in [2.24, 2.45) is 5.73 Å². The molecule has 14 heavy (non-hydrogen) atoms. The highest BCUT2D eigenvalue weighted by Gasteiger charge is 2.25. The maximum atomic E-state index is 10.2. The second-order valence-corrected chi connectivity index (χ2v) is 3.35. The lowest BCUT2D eigenvalue weighted by molar-refractivity contribution is 0.0359. The molecule has 1 aromatic rings. The van der Waals surface area contributed by atoms with Crippen molar-refractivity contribution >= 4 is 13.5 Å². The zero-order chi connectivity index (χ0) is 9.73. The predicted molar refractivity (Wildman–Crippen MR) is 64.7 cm³/mol. The normalized spacial score (nSPS) is 14.2. The molecule has 0 radical (unpaired) electrons. The van der Waals surface area contributed by atoms with Gasteiger partial charge in [-0.1, -0.05) is 43.7 Å². The minimum absolute atomic E-state index is 0. The smallest absolute Gasteiger partial charge is 0.102 e. The Kier molecular flexibility index (Phi) is 5.84. The Labute approximate surface area is 92.6 Å². The molecule has 0 heterocycles. The van der Waals surface area contributed by atoms with Crippen LogP contribution in [0.2, 0.25) is 0 Å². The largest absolute Gasteiger partial charge is 0.384 e. The average Bonchev–Trinajstić information content (AvgIpc) is 2.19. The van der Waals surface area contributed by atoms with E-state index in [0.29, 0.717) is 6.42 Å². The summed E-state index contributed by atoms with van der Waals surface area (Å²) >= 11 is 0. The minimum Gasteiger partial charge on any atom is -0.384 e. The molecule has 1 rings (SSSR count). The van der Waals surface area contributed by atoms with Gasteiger partial charge in [0, 0.05) is 6.54 Å². The third kappa shape index (κ3) is 3.01. The minimum atomic E-state index is -0.837. The molecule has 0 saturated heterocycles. The molecule has 0 aliphatic heterocycles. The molecule has 2 nitrogen and oxygen atoms in total. The van der Waals surface area contributed by atoms with E-state index in [2.05, 4.69) is 0 Å². The summed E-state index contributed by atoms with van der Waals surface area (Å²) in [6.45, 7) is 2.33. The molecule has 80 valence electrons. The Morgan fingerprint density at radius 1 is 1.29 bits per heavy atom. The molecule has 0 bridgehead atoms. The van der Waals surface area contributed by atoms with Gasteiger partial charge in [0.2, 0.25) is 0 Å². The van der Waals surface area contributed by atoms with Gasteiger partial charge in [0.15, 0.2) is 0 Å². The molecule has 1 atom stereocenters. The summed E-state index contributed by atoms with van der Waals surface area (Å²) in [6.07, 6.45) is 1.65. The molecule has 0 amide bonds. The molecule has 0 fully saturated rings. The van der Waals surface area contributed by atoms with Crippen molar-refractivity contribution in [2.45, 2.75) is 25.4 Å². The summed E-state index contributed by atoms with van der Waals surface area (Å²) in [7, 11) is 0. The van der Waals surface area contributed by atoms with Gasteiger partial charge in [-0.05, 0) is 12.0 Å². The van der Waals surface area contributed by atoms with Gasteiger partial charge < -0.3 is 10.8 Å². The molecular formula is C11H19NOS. The Balaban J connectivity index is 0.00000169. The summed E-state index contributed by atoms with van der Waals surface area (Å²) in [4.78, 5) is 0. The molecule has 0 saturated carbocycles. The topological polar surface area (TPSA) is 46.2 Å². The zero-order valence-corrected chi connectivity index (χ0v) is 9.53. The number of hydrogen-bond acceptors (Lipinski definition) is 2. The van der Waals surface area contributed by atoms with Crippen LogP contribution in [0.3, 0.4) is 0 Å². The van der Waals surface area contributed by atoms with Crippen molar-refractivity contribution in [3.8, 4) is 0 Å². The lowest BCUT2D eigenvalue weighted by atomic mass is 9.89. The van der Waals surface area contributed by atoms with Gasteiger partial charge in [-0.2, -0.15) is 13.5 Å². The van der Waals surface area contributed by atoms with Crippen LogP contribution in [0, 0.1) is 0 Å². The molecule has 0 aromatic heterocycles. The van der Waals surface area contributed by atoms with Crippen LogP contribution in [0.15, 0.2) is 30.3 Å². The Bertz CT molecular complexity index is 253. The lowest BCUT2D eigenvalue weighted by Crippen LogP contribution is -2.34. The molecule has 0 spiro atoms. The van der Waals surface area contributed by atoms with E-state index in [4.69, 9.17) is 5.73 Å². The fourth-order valence-electron chi connectivity index (χ4n) is 1.53. The van der Waals surface area contributed by atoms with E-state index in [-0.39, 0.29) is 20.0 Å². The van der Waals surface area contributed by atoms with Gasteiger partial charge in [-0.3, -0.25) is 0 Å². The fraction of sp³-hybridized carbons (Fsp3) is 0.455. The first-order valence-electron chi connectivity index (χ1n) is 4.71. The Hall–Kier alpha value is -0.510. The van der Waals surface area contributed by atoms with Crippen molar-refractivity contribution in [1.29, 1.82) is 0 Å². The summed E-state index contributed by atoms with van der Waals surface area (Å²) in [5, 5.41) is 10.2. The van der Waals surface area contributed by atoms with E-state index >= 15 is 0 Å². The van der Waals surface area contributed by atoms with Gasteiger partial charge in [-0.15, -0.1) is 0 Å². The number of benzene rings is 1. The highest BCUT2D eigenvalue weighted by molar-refractivity contribution is 7.59. The predicted octanol–water partition coefficient (Wildman–Crippen LogP) is 1.75. The maximum Gasteiger partial charge on any atom is 0.102 e. The molecule has 3 heteroatoms. The molecule has 0 aliphatic rings. The van der Waals surface area contributed by atoms with Crippen molar-refractivity contribution < 1.29 is 5.11 Å². The van der Waals surface area contributed by atoms with Gasteiger partial charge in [0.1, 0.15) is 5.60 Å². The maximum absolute atomic E-state index is 10.2. The standard InChI is InChI=1S/C11H17NO.H2S/c1-2-8-11(13,9-12)10-6-4-3-5-7-10;/h3-7,13H,2,8-9,12H2,1H3;1H2/t11-;/m1./s1. The van der Waals surface area contributed by atoms with Crippen LogP contribution < -0.4 is 5.73 Å². The van der Waals surface area contributed by atoms with E-state index in [1.807, 2.05) is 37.3 Å². The third-order valence-electron chi connectivity index (χ3n) is 2.31. The highest BCUT2D eigenvalue weighted by atomic mass is 32.1. The molecular weight excluding hydrogens is 194 g/mol. The second kappa shape index (κ2) is 6.06. The van der Waals surface area contributed by atoms with Crippen molar-refractivity contribution in [2.75, 3.05) is 6.54 Å². The molecule has 0 unspecified atom stereocenters. The van der Waals surface area contributed by atoms with E-state index in [0.717, 1.165) is 12.0 Å². The summed E-state index contributed by atoms with van der Waals surface area (Å²) in [5.74, 6) is 0. The number of hydrogen-bond donors (Lipinski definition) is 2. The molecule has 0 aliphatic carbocycles. The number of aliphatic hydroxyl groups is 1. The van der Waals surface area contributed by atoms with Crippen LogP contribution in [-0.4, -0.2) is 11.7 Å². The van der Waals surface area contributed by atoms with Crippen LogP contribution in [-0.2, 0) is 5.60 Å². The van der Waals surface area contributed by atoms with Crippen LogP contribution in [0.25, 0.3) is 0 Å². The number of rotatable bonds is 4. The first-order valence-corrected chi connectivity index (χ1v) is 4.71. The van der Waals surface area contributed by atoms with Gasteiger partial charge in [0.25, 0.3) is 0 Å². The molecule has 3 N–H and O–H groups in total. The quantitative estimate of drug-likeness (QED) is 0.800. The average molecular weight is 213 g/mol. The Morgan fingerprint density at radius 2 is 1.86 bits per heavy atom. The molecule has 1 aromatic carbocycles. The van der Waals surface area contributed by atoms with Crippen LogP contribution in [0.1, 0.15) is 25.3 Å². The first kappa shape index (κ1) is 13.5. The van der Waals surface area contributed by atoms with Crippen molar-refractivity contribution in [1.82, 2.24) is 0 Å². The van der Waals surface area contributed by atoms with Gasteiger partial charge in [0.05, 0.1) is 0 Å². The third-order valence-corrected chi connectivity index (χ3v) is 2.31. The summed E-state index contributed by atoms with van der Waals surface area (Å²) in [5.41, 5.74) is 5.65. The first-order chi connectivity index (χ1) is 6.23. The zero-order valence-electron chi connectivity index (χ0n) is 8.53. The van der Waals surface area contributed by atoms with Crippen molar-refractivity contribution in [3.05, 3.63) is 35.9 Å². The van der Waals surface area contributed by atoms with E-state index in [1.165, 1.54) is 0 Å². The SMILES string of the molecule is CCC[C@@](O)(CN)c1ccccc1.S. The lowest BCUT2D eigenvalue weighted by Gasteiger charge is -2.26. The fourth-order valence-corrected chi connectivity index (χ4v) is 1.53. The number of nitrogens with two attached hydrogens (primary N) is 1. The van der Waals surface area contributed by atoms with Crippen LogP contribution in [0.4, 0.5) is 0 Å². The highest BCUT2D eigenvalue weighted by Crippen LogP contribution is 2.24. The Morgan fingerprint density at radius 3 is 2.29 bits per heavy atom. The van der Waals surface area contributed by atoms with E-state index in [9.17, 15) is 5.11 Å². The van der Waals surface area contributed by atoms with Crippen LogP contribution >= 0.6 is 13.5 Å². The van der Waals surface area contributed by atoms with Crippen LogP contribution in [0.5, 0.6) is 0 Å². The second-order valence-electron chi connectivity index (χ2n) is 3.35. The van der Waals surface area contributed by atoms with Gasteiger partial charge in [-0.25, -0.2) is 0 Å². The van der Waals surface area contributed by atoms with E-state index in [1.54, 1.807) is 0 Å². The summed E-state index contributed by atoms with van der Waals surface area (Å²) in [6, 6.07) is 9.62. The van der Waals surface area contributed by atoms with Gasteiger partial charge >= 0.3 is 0 Å².